The maximum absolute atomic E-state index is 17.1. The van der Waals surface area contributed by atoms with E-state index in [1.165, 1.54) is 31.4 Å². The number of likely N-dealkylation sites (tertiary alicyclic amines) is 1. The molecule has 11 nitrogen and oxygen atoms in total. The van der Waals surface area contributed by atoms with Gasteiger partial charge < -0.3 is 34.1 Å². The van der Waals surface area contributed by atoms with Crippen molar-refractivity contribution in [1.82, 2.24) is 19.9 Å². The predicted octanol–water partition coefficient (Wildman–Crippen LogP) is 7.28. The second kappa shape index (κ2) is 16.1. The number of β-amino-alcohol motifs (C(OH)–C–C–N with tert-alkyl or cyclic N) is 1. The fourth-order valence-corrected chi connectivity index (χ4v) is 8.49. The van der Waals surface area contributed by atoms with Crippen LogP contribution in [0.2, 0.25) is 0 Å². The van der Waals surface area contributed by atoms with Gasteiger partial charge in [-0.05, 0) is 83.5 Å². The molecular weight excluding hydrogens is 696 g/mol. The first-order valence-electron chi connectivity index (χ1n) is 19.2. The summed E-state index contributed by atoms with van der Waals surface area (Å²) in [5.41, 5.74) is -1.85. The molecule has 0 aliphatic carbocycles. The number of ether oxygens (including phenoxy) is 4. The van der Waals surface area contributed by atoms with Crippen LogP contribution in [-0.4, -0.2) is 107 Å². The van der Waals surface area contributed by atoms with Crippen molar-refractivity contribution in [3.05, 3.63) is 42.0 Å². The molecule has 2 aromatic carbocycles. The van der Waals surface area contributed by atoms with E-state index in [4.69, 9.17) is 23.9 Å². The third-order valence-corrected chi connectivity index (χ3v) is 11.2. The molecule has 2 N–H and O–H groups in total. The topological polar surface area (TPSA) is 123 Å². The van der Waals surface area contributed by atoms with Gasteiger partial charge in [-0.1, -0.05) is 32.9 Å². The molecule has 5 heterocycles. The number of benzene rings is 2. The molecular formula is C41H55F2N5O6. The summed E-state index contributed by atoms with van der Waals surface area (Å²) in [6, 6.07) is 7.66. The maximum atomic E-state index is 17.1. The Morgan fingerprint density at radius 3 is 2.46 bits per heavy atom. The quantitative estimate of drug-likeness (QED) is 0.198. The van der Waals surface area contributed by atoms with E-state index in [9.17, 15) is 10.2 Å². The fraction of sp³-hybridized carbons (Fsp3) is 0.585. The molecule has 3 aliphatic heterocycles. The van der Waals surface area contributed by atoms with Crippen LogP contribution in [0.1, 0.15) is 74.1 Å². The number of anilines is 1. The lowest BCUT2D eigenvalue weighted by Crippen LogP contribution is -2.57. The van der Waals surface area contributed by atoms with E-state index in [0.717, 1.165) is 32.2 Å². The van der Waals surface area contributed by atoms with Crippen LogP contribution in [0.15, 0.2) is 30.3 Å². The lowest BCUT2D eigenvalue weighted by molar-refractivity contribution is -0.0967. The minimum Gasteiger partial charge on any atom is -0.508 e. The van der Waals surface area contributed by atoms with Crippen LogP contribution in [0, 0.1) is 17.0 Å². The first-order chi connectivity index (χ1) is 25.8. The first kappa shape index (κ1) is 39.8. The molecule has 5 atom stereocenters. The number of hydrogen-bond donors (Lipinski definition) is 2. The Labute approximate surface area is 316 Å². The van der Waals surface area contributed by atoms with Crippen molar-refractivity contribution in [3.63, 3.8) is 0 Å². The van der Waals surface area contributed by atoms with Gasteiger partial charge in [0.05, 0.1) is 45.7 Å². The number of halogens is 2. The monoisotopic (exact) mass is 751 g/mol. The summed E-state index contributed by atoms with van der Waals surface area (Å²) in [6.07, 6.45) is 4.27. The molecule has 7 rings (SSSR count). The molecule has 0 amide bonds. The van der Waals surface area contributed by atoms with E-state index in [1.807, 2.05) is 13.8 Å². The molecule has 3 saturated heterocycles. The lowest BCUT2D eigenvalue weighted by Gasteiger charge is -2.51. The molecule has 3 aliphatic rings. The number of hydrogen-bond acceptors (Lipinski definition) is 11. The van der Waals surface area contributed by atoms with Crippen molar-refractivity contribution in [1.29, 1.82) is 0 Å². The van der Waals surface area contributed by atoms with Crippen molar-refractivity contribution in [2.75, 3.05) is 51.5 Å². The van der Waals surface area contributed by atoms with Crippen LogP contribution >= 0.6 is 0 Å². The number of pyridine rings is 1. The molecule has 0 radical (unpaired) electrons. The molecule has 5 unspecified atom stereocenters. The number of nitrogens with zero attached hydrogens (tertiary/aromatic N) is 5. The summed E-state index contributed by atoms with van der Waals surface area (Å²) >= 11 is 0. The van der Waals surface area contributed by atoms with Crippen molar-refractivity contribution in [3.8, 4) is 28.9 Å². The summed E-state index contributed by atoms with van der Waals surface area (Å²) in [6.45, 7) is 16.5. The summed E-state index contributed by atoms with van der Waals surface area (Å²) in [5.74, 6) is -1.37. The standard InChI is InChI=1S/C39H49F2N5O6.C2H6/c1-22-15-26(16-23(2)52-22)46-12-8-11-38(4,24(46)3)20-51-37-43-34-31(35(44-37)45-13-14-50-21-39(5,48)19-45)36(49-6)42-33(32(34)41)28-18-27(47)17-25-9-7-10-29(40)30(25)28;1-2/h7,9-10,17-18,22-24,26,47-48H,8,11-16,19-21H2,1-6H3;1-2H3. The van der Waals surface area contributed by atoms with Crippen LogP contribution < -0.4 is 14.4 Å². The first-order valence-corrected chi connectivity index (χ1v) is 19.2. The normalized spacial score (nSPS) is 28.0. The van der Waals surface area contributed by atoms with E-state index in [2.05, 4.69) is 42.6 Å². The highest BCUT2D eigenvalue weighted by molar-refractivity contribution is 6.02. The van der Waals surface area contributed by atoms with Gasteiger partial charge in [0.15, 0.2) is 5.82 Å². The van der Waals surface area contributed by atoms with E-state index in [-0.39, 0.29) is 101 Å². The molecule has 0 saturated carbocycles. The number of aromatic hydroxyl groups is 1. The molecule has 13 heteroatoms. The highest BCUT2D eigenvalue weighted by Gasteiger charge is 2.43. The van der Waals surface area contributed by atoms with Crippen LogP contribution in [0.3, 0.4) is 0 Å². The number of piperidine rings is 1. The third kappa shape index (κ3) is 7.91. The van der Waals surface area contributed by atoms with E-state index in [1.54, 1.807) is 17.9 Å². The molecule has 2 aromatic heterocycles. The van der Waals surface area contributed by atoms with Gasteiger partial charge in [0.25, 0.3) is 0 Å². The summed E-state index contributed by atoms with van der Waals surface area (Å²) in [4.78, 5) is 18.4. The van der Waals surface area contributed by atoms with Crippen molar-refractivity contribution >= 4 is 27.5 Å². The van der Waals surface area contributed by atoms with Crippen LogP contribution in [0.4, 0.5) is 14.6 Å². The van der Waals surface area contributed by atoms with E-state index in [0.29, 0.717) is 18.0 Å². The fourth-order valence-electron chi connectivity index (χ4n) is 8.49. The zero-order valence-corrected chi connectivity index (χ0v) is 32.8. The molecule has 0 spiro atoms. The Kier molecular flexibility index (Phi) is 11.8. The minimum atomic E-state index is -1.24. The smallest absolute Gasteiger partial charge is 0.319 e. The zero-order chi connectivity index (χ0) is 38.9. The molecule has 294 valence electrons. The van der Waals surface area contributed by atoms with Crippen LogP contribution in [0.25, 0.3) is 32.9 Å². The lowest BCUT2D eigenvalue weighted by atomic mass is 9.74. The van der Waals surface area contributed by atoms with Gasteiger partial charge in [0.1, 0.15) is 39.6 Å². The van der Waals surface area contributed by atoms with Crippen molar-refractivity contribution in [2.45, 2.75) is 104 Å². The van der Waals surface area contributed by atoms with Gasteiger partial charge in [-0.2, -0.15) is 9.97 Å². The Hall–Kier alpha value is -3.91. The van der Waals surface area contributed by atoms with Gasteiger partial charge in [0.2, 0.25) is 5.88 Å². The number of aliphatic hydroxyl groups is 1. The average molecular weight is 752 g/mol. The van der Waals surface area contributed by atoms with Gasteiger partial charge in [0, 0.05) is 35.0 Å². The highest BCUT2D eigenvalue weighted by atomic mass is 19.1. The van der Waals surface area contributed by atoms with Crippen LogP contribution in [-0.2, 0) is 9.47 Å². The second-order valence-corrected chi connectivity index (χ2v) is 15.5. The second-order valence-electron chi connectivity index (χ2n) is 15.5. The predicted molar refractivity (Wildman–Crippen MR) is 205 cm³/mol. The minimum absolute atomic E-state index is 0.00554. The van der Waals surface area contributed by atoms with Gasteiger partial charge >= 0.3 is 6.01 Å². The number of methoxy groups -OCH3 is 1. The number of fused-ring (bicyclic) bond motifs is 2. The van der Waals surface area contributed by atoms with Gasteiger partial charge in [-0.25, -0.2) is 13.8 Å². The van der Waals surface area contributed by atoms with E-state index >= 15 is 8.78 Å². The SMILES string of the molecule is CC.COc1nc(-c2cc(O)cc3cccc(F)c23)c(F)c2nc(OCC3(C)CCCN(C4CC(C)OC(C)C4)C3C)nc(N3CCOCC(C)(O)C3)c12. The summed E-state index contributed by atoms with van der Waals surface area (Å²) in [7, 11) is 1.40. The molecule has 4 aromatic rings. The van der Waals surface area contributed by atoms with Gasteiger partial charge in [-0.15, -0.1) is 0 Å². The maximum Gasteiger partial charge on any atom is 0.319 e. The van der Waals surface area contributed by atoms with E-state index < -0.39 is 17.2 Å². The van der Waals surface area contributed by atoms with Crippen LogP contribution in [0.5, 0.6) is 17.6 Å². The Morgan fingerprint density at radius 1 is 1.00 bits per heavy atom. The molecule has 3 fully saturated rings. The van der Waals surface area contributed by atoms with Crippen molar-refractivity contribution < 1.29 is 37.9 Å². The Morgan fingerprint density at radius 2 is 1.74 bits per heavy atom. The zero-order valence-electron chi connectivity index (χ0n) is 32.8. The highest BCUT2D eigenvalue weighted by Crippen LogP contribution is 2.43. The number of phenols is 1. The Balaban J connectivity index is 0.00000245. The Bertz CT molecular complexity index is 1960. The molecule has 54 heavy (non-hydrogen) atoms. The number of rotatable bonds is 7. The summed E-state index contributed by atoms with van der Waals surface area (Å²) in [5, 5.41) is 22.4. The third-order valence-electron chi connectivity index (χ3n) is 11.2. The number of aromatic nitrogens is 3. The van der Waals surface area contributed by atoms with Gasteiger partial charge in [-0.3, -0.25) is 4.90 Å². The summed E-state index contributed by atoms with van der Waals surface area (Å²) < 4.78 is 56.4. The average Bonchev–Trinajstić information content (AvgIpc) is 3.32. The van der Waals surface area contributed by atoms with Crippen molar-refractivity contribution in [2.24, 2.45) is 5.41 Å². The largest absolute Gasteiger partial charge is 0.508 e. The molecule has 0 bridgehead atoms. The number of phenolic OH excluding ortho intramolecular Hbond substituents is 1.